The van der Waals surface area contributed by atoms with E-state index in [0.717, 1.165) is 42.6 Å². The smallest absolute Gasteiger partial charge is 0.193 e. The molecule has 4 saturated carbocycles. The van der Waals surface area contributed by atoms with Crippen molar-refractivity contribution in [3.05, 3.63) is 58.1 Å². The maximum Gasteiger partial charge on any atom is 0.193 e. The maximum atomic E-state index is 13.4. The van der Waals surface area contributed by atoms with Crippen molar-refractivity contribution >= 4 is 34.3 Å². The number of hydrogen-bond acceptors (Lipinski definition) is 3. The second-order valence-corrected chi connectivity index (χ2v) is 10.8. The lowest BCUT2D eigenvalue weighted by Crippen LogP contribution is -2.52. The standard InChI is InChI=1S/C23H24Cl2O3S/c24-19-9-20(25)22(27-14-15-4-2-1-3-5-15)21(10-19)29(26)28-23-11-16-6-17(12-23)8-18(7-16)13-23/h1-5,9-10,16-18H,6-8,11-14H2. The van der Waals surface area contributed by atoms with Gasteiger partial charge in [0.15, 0.2) is 16.8 Å². The van der Waals surface area contributed by atoms with E-state index >= 15 is 0 Å². The summed E-state index contributed by atoms with van der Waals surface area (Å²) in [6.45, 7) is 0.337. The molecule has 0 spiro atoms. The second-order valence-electron chi connectivity index (χ2n) is 8.91. The molecule has 6 rings (SSSR count). The summed E-state index contributed by atoms with van der Waals surface area (Å²) in [5.74, 6) is 2.54. The highest BCUT2D eigenvalue weighted by atomic mass is 35.5. The zero-order chi connectivity index (χ0) is 20.0. The van der Waals surface area contributed by atoms with Gasteiger partial charge in [0.2, 0.25) is 0 Å². The first-order valence-electron chi connectivity index (χ1n) is 10.3. The molecule has 1 unspecified atom stereocenters. The van der Waals surface area contributed by atoms with Crippen LogP contribution < -0.4 is 4.74 Å². The highest BCUT2D eigenvalue weighted by Gasteiger charge is 2.53. The molecule has 1 atom stereocenters. The third-order valence-electron chi connectivity index (χ3n) is 6.61. The van der Waals surface area contributed by atoms with E-state index in [0.29, 0.717) is 27.3 Å². The number of benzene rings is 2. The molecule has 2 aromatic rings. The third kappa shape index (κ3) is 4.10. The van der Waals surface area contributed by atoms with E-state index in [9.17, 15) is 4.21 Å². The molecule has 29 heavy (non-hydrogen) atoms. The van der Waals surface area contributed by atoms with Gasteiger partial charge in [-0.05, 0) is 74.0 Å². The van der Waals surface area contributed by atoms with Crippen LogP contribution in [-0.4, -0.2) is 9.81 Å². The van der Waals surface area contributed by atoms with Gasteiger partial charge in [0.05, 0.1) is 10.6 Å². The van der Waals surface area contributed by atoms with Crippen molar-refractivity contribution in [3.63, 3.8) is 0 Å². The van der Waals surface area contributed by atoms with E-state index in [1.54, 1.807) is 12.1 Å². The highest BCUT2D eigenvalue weighted by molar-refractivity contribution is 7.80. The molecule has 6 heteroatoms. The normalized spacial score (nSPS) is 31.0. The van der Waals surface area contributed by atoms with E-state index in [-0.39, 0.29) is 5.60 Å². The minimum atomic E-state index is -1.68. The number of rotatable bonds is 6. The molecule has 154 valence electrons. The van der Waals surface area contributed by atoms with Gasteiger partial charge in [-0.3, -0.25) is 4.18 Å². The summed E-state index contributed by atoms with van der Waals surface area (Å²) in [4.78, 5) is 0.425. The van der Waals surface area contributed by atoms with E-state index < -0.39 is 11.1 Å². The lowest BCUT2D eigenvalue weighted by Gasteiger charge is -2.55. The summed E-state index contributed by atoms with van der Waals surface area (Å²) in [5.41, 5.74) is 0.739. The Labute approximate surface area is 184 Å². The Balaban J connectivity index is 1.39. The van der Waals surface area contributed by atoms with E-state index in [2.05, 4.69) is 0 Å². The fourth-order valence-corrected chi connectivity index (χ4v) is 7.70. The van der Waals surface area contributed by atoms with Gasteiger partial charge in [0.1, 0.15) is 11.5 Å². The van der Waals surface area contributed by atoms with Crippen LogP contribution in [0.3, 0.4) is 0 Å². The van der Waals surface area contributed by atoms with Crippen molar-refractivity contribution in [2.24, 2.45) is 17.8 Å². The monoisotopic (exact) mass is 450 g/mol. The van der Waals surface area contributed by atoms with Crippen LogP contribution in [-0.2, 0) is 21.9 Å². The molecule has 0 radical (unpaired) electrons. The van der Waals surface area contributed by atoms with Crippen LogP contribution in [0.4, 0.5) is 0 Å². The molecule has 2 aromatic carbocycles. The number of halogens is 2. The number of ether oxygens (including phenoxy) is 1. The summed E-state index contributed by atoms with van der Waals surface area (Å²) in [6.07, 6.45) is 6.97. The van der Waals surface area contributed by atoms with Crippen LogP contribution in [0.25, 0.3) is 0 Å². The Morgan fingerprint density at radius 1 is 0.966 bits per heavy atom. The Bertz CT molecular complexity index is 896. The van der Waals surface area contributed by atoms with Crippen LogP contribution >= 0.6 is 23.2 Å². The molecular weight excluding hydrogens is 427 g/mol. The van der Waals surface area contributed by atoms with Gasteiger partial charge in [-0.15, -0.1) is 0 Å². The average molecular weight is 451 g/mol. The van der Waals surface area contributed by atoms with Crippen molar-refractivity contribution < 1.29 is 13.1 Å². The predicted octanol–water partition coefficient (Wildman–Crippen LogP) is 6.58. The third-order valence-corrected chi connectivity index (χ3v) is 8.28. The van der Waals surface area contributed by atoms with E-state index in [1.165, 1.54) is 19.3 Å². The molecular formula is C23H24Cl2O3S. The first-order chi connectivity index (χ1) is 14.0. The molecule has 4 bridgehead atoms. The van der Waals surface area contributed by atoms with Crippen LogP contribution in [0.5, 0.6) is 5.75 Å². The maximum absolute atomic E-state index is 13.4. The first kappa shape index (κ1) is 19.9. The predicted molar refractivity (Wildman–Crippen MR) is 116 cm³/mol. The highest BCUT2D eigenvalue weighted by Crippen LogP contribution is 2.57. The molecule has 4 aliphatic rings. The largest absolute Gasteiger partial charge is 0.486 e. The van der Waals surface area contributed by atoms with Crippen molar-refractivity contribution in [1.29, 1.82) is 0 Å². The Kier molecular flexibility index (Phi) is 5.40. The SMILES string of the molecule is O=S(OC12CC3CC(CC(C3)C1)C2)c1cc(Cl)cc(Cl)c1OCc1ccccc1. The summed E-state index contributed by atoms with van der Waals surface area (Å²) in [7, 11) is 0. The summed E-state index contributed by atoms with van der Waals surface area (Å²) in [5, 5.41) is 0.783. The van der Waals surface area contributed by atoms with Gasteiger partial charge in [-0.25, -0.2) is 4.21 Å². The average Bonchev–Trinajstić information content (AvgIpc) is 2.66. The Morgan fingerprint density at radius 3 is 2.21 bits per heavy atom. The minimum absolute atomic E-state index is 0.273. The lowest BCUT2D eigenvalue weighted by molar-refractivity contribution is -0.101. The molecule has 0 heterocycles. The Hall–Kier alpha value is -1.07. The van der Waals surface area contributed by atoms with Crippen molar-refractivity contribution in [2.75, 3.05) is 0 Å². The molecule has 0 amide bonds. The topological polar surface area (TPSA) is 35.5 Å². The first-order valence-corrected chi connectivity index (χ1v) is 12.1. The van der Waals surface area contributed by atoms with Crippen molar-refractivity contribution in [3.8, 4) is 5.75 Å². The lowest BCUT2D eigenvalue weighted by atomic mass is 9.54. The van der Waals surface area contributed by atoms with Crippen LogP contribution in [0.15, 0.2) is 47.4 Å². The molecule has 0 aromatic heterocycles. The van der Waals surface area contributed by atoms with Crippen LogP contribution in [0.2, 0.25) is 10.0 Å². The zero-order valence-corrected chi connectivity index (χ0v) is 18.4. The molecule has 0 N–H and O–H groups in total. The molecule has 4 fully saturated rings. The van der Waals surface area contributed by atoms with Gasteiger partial charge in [0.25, 0.3) is 0 Å². The minimum Gasteiger partial charge on any atom is -0.486 e. The molecule has 0 aliphatic heterocycles. The van der Waals surface area contributed by atoms with Crippen molar-refractivity contribution in [2.45, 2.75) is 55.6 Å². The Morgan fingerprint density at radius 2 is 1.59 bits per heavy atom. The van der Waals surface area contributed by atoms with E-state index in [1.807, 2.05) is 30.3 Å². The fraction of sp³-hybridized carbons (Fsp3) is 0.478. The second kappa shape index (κ2) is 7.88. The van der Waals surface area contributed by atoms with Gasteiger partial charge in [0, 0.05) is 5.02 Å². The van der Waals surface area contributed by atoms with Crippen LogP contribution in [0.1, 0.15) is 44.1 Å². The fourth-order valence-electron chi connectivity index (χ4n) is 5.87. The van der Waals surface area contributed by atoms with Gasteiger partial charge < -0.3 is 4.74 Å². The van der Waals surface area contributed by atoms with Gasteiger partial charge in [-0.2, -0.15) is 0 Å². The zero-order valence-electron chi connectivity index (χ0n) is 16.1. The van der Waals surface area contributed by atoms with Gasteiger partial charge >= 0.3 is 0 Å². The number of hydrogen-bond donors (Lipinski definition) is 0. The summed E-state index contributed by atoms with van der Waals surface area (Å²) >= 11 is 11.0. The van der Waals surface area contributed by atoms with Gasteiger partial charge in [-0.1, -0.05) is 53.5 Å². The van der Waals surface area contributed by atoms with Crippen molar-refractivity contribution in [1.82, 2.24) is 0 Å². The summed E-state index contributed by atoms with van der Waals surface area (Å²) < 4.78 is 25.7. The molecule has 3 nitrogen and oxygen atoms in total. The summed E-state index contributed by atoms with van der Waals surface area (Å²) in [6, 6.07) is 13.1. The molecule has 4 aliphatic carbocycles. The van der Waals surface area contributed by atoms with E-state index in [4.69, 9.17) is 32.1 Å². The van der Waals surface area contributed by atoms with Crippen LogP contribution in [0, 0.1) is 17.8 Å². The molecule has 0 saturated heterocycles. The quantitative estimate of drug-likeness (QED) is 0.498.